The molecule has 1 N–H and O–H groups in total. The van der Waals surface area contributed by atoms with Crippen LogP contribution < -0.4 is 0 Å². The van der Waals surface area contributed by atoms with E-state index in [1.165, 1.54) is 0 Å². The molecule has 1 aliphatic rings. The van der Waals surface area contributed by atoms with E-state index in [4.69, 9.17) is 9.84 Å². The van der Waals surface area contributed by atoms with Crippen LogP contribution in [-0.2, 0) is 14.6 Å². The summed E-state index contributed by atoms with van der Waals surface area (Å²) in [6.45, 7) is 0.423. The standard InChI is InChI=1S/C13H14F2O5S/c14-10-5-8(13(16)17)6-11(12(10)15)21(18,19)7-9-3-1-2-4-20-9/h5-6,9H,1-4,7H2,(H,16,17). The van der Waals surface area contributed by atoms with E-state index >= 15 is 0 Å². The highest BCUT2D eigenvalue weighted by Gasteiger charge is 2.28. The predicted molar refractivity (Wildman–Crippen MR) is 69.0 cm³/mol. The number of ether oxygens (including phenoxy) is 1. The van der Waals surface area contributed by atoms with Gasteiger partial charge < -0.3 is 9.84 Å². The van der Waals surface area contributed by atoms with E-state index in [9.17, 15) is 22.0 Å². The second kappa shape index (κ2) is 6.07. The van der Waals surface area contributed by atoms with E-state index < -0.39 is 49.8 Å². The average molecular weight is 320 g/mol. The molecule has 1 aromatic carbocycles. The van der Waals surface area contributed by atoms with Crippen LogP contribution in [0.4, 0.5) is 8.78 Å². The summed E-state index contributed by atoms with van der Waals surface area (Å²) in [6, 6.07) is 1.09. The van der Waals surface area contributed by atoms with Gasteiger partial charge in [0.15, 0.2) is 21.5 Å². The zero-order chi connectivity index (χ0) is 15.6. The molecule has 1 fully saturated rings. The van der Waals surface area contributed by atoms with E-state index in [0.717, 1.165) is 12.8 Å². The first-order valence-electron chi connectivity index (χ1n) is 6.38. The summed E-state index contributed by atoms with van der Waals surface area (Å²) >= 11 is 0. The summed E-state index contributed by atoms with van der Waals surface area (Å²) in [5.41, 5.74) is -0.614. The van der Waals surface area contributed by atoms with Gasteiger partial charge in [-0.25, -0.2) is 22.0 Å². The van der Waals surface area contributed by atoms with Gasteiger partial charge in [-0.3, -0.25) is 0 Å². The number of carboxylic acids is 1. The molecule has 0 radical (unpaired) electrons. The number of carbonyl (C=O) groups is 1. The molecule has 1 heterocycles. The van der Waals surface area contributed by atoms with Crippen molar-refractivity contribution in [2.45, 2.75) is 30.3 Å². The van der Waals surface area contributed by atoms with Crippen molar-refractivity contribution >= 4 is 15.8 Å². The lowest BCUT2D eigenvalue weighted by atomic mass is 10.1. The molecule has 0 bridgehead atoms. The fourth-order valence-corrected chi connectivity index (χ4v) is 3.80. The second-order valence-corrected chi connectivity index (χ2v) is 6.85. The zero-order valence-electron chi connectivity index (χ0n) is 11.0. The van der Waals surface area contributed by atoms with E-state index in [1.807, 2.05) is 0 Å². The van der Waals surface area contributed by atoms with Crippen LogP contribution in [0.1, 0.15) is 29.6 Å². The fraction of sp³-hybridized carbons (Fsp3) is 0.462. The summed E-state index contributed by atoms with van der Waals surface area (Å²) in [7, 11) is -4.17. The second-order valence-electron chi connectivity index (χ2n) is 4.85. The molecular formula is C13H14F2O5S. The van der Waals surface area contributed by atoms with Crippen molar-refractivity contribution in [1.82, 2.24) is 0 Å². The van der Waals surface area contributed by atoms with Crippen molar-refractivity contribution in [2.24, 2.45) is 0 Å². The van der Waals surface area contributed by atoms with Gasteiger partial charge in [0.2, 0.25) is 0 Å². The first-order chi connectivity index (χ1) is 9.81. The van der Waals surface area contributed by atoms with Gasteiger partial charge in [-0.05, 0) is 31.4 Å². The molecule has 0 aliphatic carbocycles. The first kappa shape index (κ1) is 15.8. The Bertz CT molecular complexity index is 651. The minimum Gasteiger partial charge on any atom is -0.478 e. The molecule has 116 valence electrons. The van der Waals surface area contributed by atoms with Gasteiger partial charge in [0.25, 0.3) is 0 Å². The van der Waals surface area contributed by atoms with Crippen molar-refractivity contribution in [3.63, 3.8) is 0 Å². The molecule has 0 saturated carbocycles. The van der Waals surface area contributed by atoms with E-state index in [1.54, 1.807) is 0 Å². The molecule has 1 unspecified atom stereocenters. The Morgan fingerprint density at radius 3 is 2.62 bits per heavy atom. The van der Waals surface area contributed by atoms with Gasteiger partial charge in [0.1, 0.15) is 4.90 Å². The van der Waals surface area contributed by atoms with Crippen LogP contribution >= 0.6 is 0 Å². The summed E-state index contributed by atoms with van der Waals surface area (Å²) in [5, 5.41) is 8.80. The third-order valence-electron chi connectivity index (χ3n) is 3.26. The maximum atomic E-state index is 13.7. The van der Waals surface area contributed by atoms with Crippen molar-refractivity contribution in [3.05, 3.63) is 29.3 Å². The topological polar surface area (TPSA) is 80.7 Å². The Labute approximate surface area is 120 Å². The Balaban J connectivity index is 2.36. The summed E-state index contributed by atoms with van der Waals surface area (Å²) in [4.78, 5) is 9.89. The van der Waals surface area contributed by atoms with Crippen LogP contribution in [0.3, 0.4) is 0 Å². The third-order valence-corrected chi connectivity index (χ3v) is 5.03. The highest BCUT2D eigenvalue weighted by Crippen LogP contribution is 2.24. The molecule has 0 amide bonds. The Hall–Kier alpha value is -1.54. The lowest BCUT2D eigenvalue weighted by Gasteiger charge is -2.22. The molecule has 1 aromatic rings. The van der Waals surface area contributed by atoms with Crippen LogP contribution in [0.5, 0.6) is 0 Å². The number of aromatic carboxylic acids is 1. The van der Waals surface area contributed by atoms with Crippen LogP contribution in [0.2, 0.25) is 0 Å². The molecule has 1 saturated heterocycles. The number of carboxylic acid groups (broad SMARTS) is 1. The highest BCUT2D eigenvalue weighted by molar-refractivity contribution is 7.91. The van der Waals surface area contributed by atoms with Crippen molar-refractivity contribution in [2.75, 3.05) is 12.4 Å². The molecule has 8 heteroatoms. The normalized spacial score (nSPS) is 19.4. The maximum Gasteiger partial charge on any atom is 0.335 e. The van der Waals surface area contributed by atoms with Crippen LogP contribution in [0.25, 0.3) is 0 Å². The minimum atomic E-state index is -4.17. The number of rotatable bonds is 4. The molecule has 0 spiro atoms. The van der Waals surface area contributed by atoms with Gasteiger partial charge in [0.05, 0.1) is 17.4 Å². The van der Waals surface area contributed by atoms with Crippen LogP contribution in [-0.4, -0.2) is 38.0 Å². The van der Waals surface area contributed by atoms with E-state index in [0.29, 0.717) is 25.2 Å². The summed E-state index contributed by atoms with van der Waals surface area (Å²) in [6.07, 6.45) is 1.56. The molecule has 1 atom stereocenters. The largest absolute Gasteiger partial charge is 0.478 e. The Morgan fingerprint density at radius 2 is 2.05 bits per heavy atom. The minimum absolute atomic E-state index is 0.423. The third kappa shape index (κ3) is 3.56. The molecule has 0 aromatic heterocycles. The Kier molecular flexibility index (Phi) is 4.58. The van der Waals surface area contributed by atoms with Crippen molar-refractivity contribution in [3.8, 4) is 0 Å². The van der Waals surface area contributed by atoms with Crippen molar-refractivity contribution < 1.29 is 31.8 Å². The number of sulfone groups is 1. The average Bonchev–Trinajstić information content (AvgIpc) is 2.41. The first-order valence-corrected chi connectivity index (χ1v) is 8.03. The molecule has 2 rings (SSSR count). The lowest BCUT2D eigenvalue weighted by Crippen LogP contribution is -2.28. The smallest absolute Gasteiger partial charge is 0.335 e. The fourth-order valence-electron chi connectivity index (χ4n) is 2.19. The van der Waals surface area contributed by atoms with Crippen LogP contribution in [0.15, 0.2) is 17.0 Å². The lowest BCUT2D eigenvalue weighted by molar-refractivity contribution is 0.0305. The molecular weight excluding hydrogens is 306 g/mol. The highest BCUT2D eigenvalue weighted by atomic mass is 32.2. The Morgan fingerprint density at radius 1 is 1.33 bits per heavy atom. The van der Waals surface area contributed by atoms with Gasteiger partial charge in [-0.2, -0.15) is 0 Å². The van der Waals surface area contributed by atoms with E-state index in [2.05, 4.69) is 0 Å². The molecule has 21 heavy (non-hydrogen) atoms. The van der Waals surface area contributed by atoms with Crippen molar-refractivity contribution in [1.29, 1.82) is 0 Å². The number of hydrogen-bond donors (Lipinski definition) is 1. The summed E-state index contributed by atoms with van der Waals surface area (Å²) < 4.78 is 56.7. The number of benzene rings is 1. The molecule has 1 aliphatic heterocycles. The monoisotopic (exact) mass is 320 g/mol. The van der Waals surface area contributed by atoms with Gasteiger partial charge >= 0.3 is 5.97 Å². The quantitative estimate of drug-likeness (QED) is 0.918. The van der Waals surface area contributed by atoms with E-state index in [-0.39, 0.29) is 0 Å². The zero-order valence-corrected chi connectivity index (χ0v) is 11.8. The number of halogens is 2. The number of hydrogen-bond acceptors (Lipinski definition) is 4. The van der Waals surface area contributed by atoms with Gasteiger partial charge in [0, 0.05) is 6.61 Å². The van der Waals surface area contributed by atoms with Crippen LogP contribution in [0, 0.1) is 11.6 Å². The van der Waals surface area contributed by atoms with Gasteiger partial charge in [-0.15, -0.1) is 0 Å². The molecule has 5 nitrogen and oxygen atoms in total. The maximum absolute atomic E-state index is 13.7. The van der Waals surface area contributed by atoms with Gasteiger partial charge in [-0.1, -0.05) is 0 Å². The SMILES string of the molecule is O=C(O)c1cc(F)c(F)c(S(=O)(=O)CC2CCCCO2)c1. The predicted octanol–water partition coefficient (Wildman–Crippen LogP) is 2.01. The summed E-state index contributed by atoms with van der Waals surface area (Å²) in [5.74, 6) is -5.08.